The fourth-order valence-electron chi connectivity index (χ4n) is 2.96. The van der Waals surface area contributed by atoms with Crippen LogP contribution in [0.2, 0.25) is 0 Å². The maximum Gasteiger partial charge on any atom is 0.228 e. The second kappa shape index (κ2) is 4.81. The van der Waals surface area contributed by atoms with Crippen LogP contribution < -0.4 is 10.6 Å². The van der Waals surface area contributed by atoms with Crippen molar-refractivity contribution in [2.75, 3.05) is 18.4 Å². The summed E-state index contributed by atoms with van der Waals surface area (Å²) < 4.78 is 1.19. The number of carbonyl (C=O) groups is 1. The zero-order chi connectivity index (χ0) is 12.6. The fourth-order valence-corrected chi connectivity index (χ4v) is 3.32. The quantitative estimate of drug-likeness (QED) is 0.800. The molecule has 2 N–H and O–H groups in total. The zero-order valence-corrected chi connectivity index (χ0v) is 12.4. The summed E-state index contributed by atoms with van der Waals surface area (Å²) in [5.74, 6) is 0.442. The Morgan fingerprint density at radius 3 is 2.61 bits per heavy atom. The van der Waals surface area contributed by atoms with Crippen LogP contribution in [0.5, 0.6) is 0 Å². The molecular weight excluding hydrogens is 339 g/mol. The molecule has 18 heavy (non-hydrogen) atoms. The Balaban J connectivity index is 1.61. The standard InChI is InChI=1S/C14H17IN2O/c15-10-1-3-11(4-2-10)17-13(18)12-9-14(12)5-7-16-8-6-14/h1-4,12,16H,5-9H2,(H,17,18). The number of halogens is 1. The van der Waals surface area contributed by atoms with Gasteiger partial charge >= 0.3 is 0 Å². The summed E-state index contributed by atoms with van der Waals surface area (Å²) in [4.78, 5) is 12.2. The van der Waals surface area contributed by atoms with E-state index in [9.17, 15) is 4.79 Å². The van der Waals surface area contributed by atoms with E-state index in [4.69, 9.17) is 0 Å². The molecule has 1 saturated heterocycles. The third kappa shape index (κ3) is 2.40. The molecule has 1 spiro atoms. The lowest BCUT2D eigenvalue weighted by atomic mass is 9.92. The summed E-state index contributed by atoms with van der Waals surface area (Å²) >= 11 is 2.27. The minimum Gasteiger partial charge on any atom is -0.326 e. The first-order valence-electron chi connectivity index (χ1n) is 6.47. The Bertz CT molecular complexity index is 451. The molecule has 0 bridgehead atoms. The topological polar surface area (TPSA) is 41.1 Å². The lowest BCUT2D eigenvalue weighted by molar-refractivity contribution is -0.118. The van der Waals surface area contributed by atoms with Crippen LogP contribution in [0.1, 0.15) is 19.3 Å². The van der Waals surface area contributed by atoms with E-state index in [1.54, 1.807) is 0 Å². The van der Waals surface area contributed by atoms with Gasteiger partial charge in [0.15, 0.2) is 0 Å². The number of amides is 1. The van der Waals surface area contributed by atoms with Crippen LogP contribution in [0.15, 0.2) is 24.3 Å². The number of hydrogen-bond acceptors (Lipinski definition) is 2. The molecule has 1 amide bonds. The first-order valence-corrected chi connectivity index (χ1v) is 7.55. The average Bonchev–Trinajstić information content (AvgIpc) is 3.07. The van der Waals surface area contributed by atoms with Gasteiger partial charge in [0.1, 0.15) is 0 Å². The highest BCUT2D eigenvalue weighted by Crippen LogP contribution is 2.58. The molecule has 0 radical (unpaired) electrons. The van der Waals surface area contributed by atoms with Crippen molar-refractivity contribution in [1.82, 2.24) is 5.32 Å². The monoisotopic (exact) mass is 356 g/mol. The van der Waals surface area contributed by atoms with Gasteiger partial charge in [-0.15, -0.1) is 0 Å². The van der Waals surface area contributed by atoms with Gasteiger partial charge in [0.2, 0.25) is 5.91 Å². The van der Waals surface area contributed by atoms with Crippen LogP contribution >= 0.6 is 22.6 Å². The van der Waals surface area contributed by atoms with Crippen molar-refractivity contribution in [2.45, 2.75) is 19.3 Å². The molecule has 1 saturated carbocycles. The van der Waals surface area contributed by atoms with Crippen molar-refractivity contribution in [3.05, 3.63) is 27.8 Å². The van der Waals surface area contributed by atoms with Gasteiger partial charge in [-0.1, -0.05) is 0 Å². The molecule has 1 aliphatic carbocycles. The molecule has 3 nitrogen and oxygen atoms in total. The lowest BCUT2D eigenvalue weighted by Crippen LogP contribution is -2.31. The Labute approximate surface area is 121 Å². The maximum atomic E-state index is 12.2. The molecule has 0 aromatic heterocycles. The number of rotatable bonds is 2. The minimum absolute atomic E-state index is 0.207. The van der Waals surface area contributed by atoms with E-state index in [1.807, 2.05) is 24.3 Å². The van der Waals surface area contributed by atoms with E-state index < -0.39 is 0 Å². The number of piperidine rings is 1. The molecule has 3 rings (SSSR count). The van der Waals surface area contributed by atoms with Crippen LogP contribution in [0.25, 0.3) is 0 Å². The van der Waals surface area contributed by atoms with Crippen molar-refractivity contribution in [3.63, 3.8) is 0 Å². The summed E-state index contributed by atoms with van der Waals surface area (Å²) in [6.07, 6.45) is 3.38. The van der Waals surface area contributed by atoms with Crippen molar-refractivity contribution in [1.29, 1.82) is 0 Å². The van der Waals surface area contributed by atoms with Crippen molar-refractivity contribution in [2.24, 2.45) is 11.3 Å². The van der Waals surface area contributed by atoms with Crippen molar-refractivity contribution < 1.29 is 4.79 Å². The van der Waals surface area contributed by atoms with E-state index in [-0.39, 0.29) is 11.8 Å². The molecule has 4 heteroatoms. The fraction of sp³-hybridized carbons (Fsp3) is 0.500. The predicted octanol–water partition coefficient (Wildman–Crippen LogP) is 2.62. The number of anilines is 1. The number of benzene rings is 1. The third-order valence-corrected chi connectivity index (χ3v) is 4.94. The van der Waals surface area contributed by atoms with Crippen molar-refractivity contribution in [3.8, 4) is 0 Å². The Hall–Kier alpha value is -0.620. The maximum absolute atomic E-state index is 12.2. The van der Waals surface area contributed by atoms with E-state index in [0.29, 0.717) is 5.41 Å². The van der Waals surface area contributed by atoms with Gasteiger partial charge < -0.3 is 10.6 Å². The molecule has 2 aliphatic rings. The second-order valence-electron chi connectivity index (χ2n) is 5.37. The summed E-state index contributed by atoms with van der Waals surface area (Å²) in [7, 11) is 0. The first-order chi connectivity index (χ1) is 8.70. The zero-order valence-electron chi connectivity index (χ0n) is 10.2. The van der Waals surface area contributed by atoms with Crippen LogP contribution in [-0.2, 0) is 4.79 Å². The highest BCUT2D eigenvalue weighted by atomic mass is 127. The summed E-state index contributed by atoms with van der Waals surface area (Å²) in [5.41, 5.74) is 1.23. The van der Waals surface area contributed by atoms with E-state index >= 15 is 0 Å². The van der Waals surface area contributed by atoms with Gasteiger partial charge in [0.25, 0.3) is 0 Å². The van der Waals surface area contributed by atoms with Crippen LogP contribution in [-0.4, -0.2) is 19.0 Å². The van der Waals surface area contributed by atoms with E-state index in [1.165, 1.54) is 3.57 Å². The first kappa shape index (κ1) is 12.4. The van der Waals surface area contributed by atoms with Gasteiger partial charge in [0.05, 0.1) is 0 Å². The molecule has 1 unspecified atom stereocenters. The van der Waals surface area contributed by atoms with Gasteiger partial charge in [0, 0.05) is 15.2 Å². The minimum atomic E-state index is 0.207. The largest absolute Gasteiger partial charge is 0.326 e. The van der Waals surface area contributed by atoms with Crippen LogP contribution in [0.3, 0.4) is 0 Å². The molecule has 1 aliphatic heterocycles. The average molecular weight is 356 g/mol. The molecule has 1 aromatic rings. The smallest absolute Gasteiger partial charge is 0.228 e. The lowest BCUT2D eigenvalue weighted by Gasteiger charge is -2.23. The second-order valence-corrected chi connectivity index (χ2v) is 6.61. The Morgan fingerprint density at radius 2 is 1.94 bits per heavy atom. The number of hydrogen-bond donors (Lipinski definition) is 2. The molecule has 1 aromatic carbocycles. The van der Waals surface area contributed by atoms with Gasteiger partial charge in [-0.3, -0.25) is 4.79 Å². The van der Waals surface area contributed by atoms with Crippen molar-refractivity contribution >= 4 is 34.2 Å². The molecular formula is C14H17IN2O. The highest BCUT2D eigenvalue weighted by Gasteiger charge is 2.57. The molecule has 1 atom stereocenters. The number of nitrogens with one attached hydrogen (secondary N) is 2. The van der Waals surface area contributed by atoms with Crippen LogP contribution in [0.4, 0.5) is 5.69 Å². The predicted molar refractivity (Wildman–Crippen MR) is 80.4 cm³/mol. The van der Waals surface area contributed by atoms with Gasteiger partial charge in [-0.25, -0.2) is 0 Å². The summed E-state index contributed by atoms with van der Waals surface area (Å²) in [6, 6.07) is 7.97. The summed E-state index contributed by atoms with van der Waals surface area (Å²) in [6.45, 7) is 2.13. The molecule has 2 fully saturated rings. The Morgan fingerprint density at radius 1 is 1.28 bits per heavy atom. The van der Waals surface area contributed by atoms with Gasteiger partial charge in [-0.2, -0.15) is 0 Å². The highest BCUT2D eigenvalue weighted by molar-refractivity contribution is 14.1. The van der Waals surface area contributed by atoms with E-state index in [2.05, 4.69) is 33.2 Å². The SMILES string of the molecule is O=C(Nc1ccc(I)cc1)C1CC12CCNCC2. The molecule has 96 valence electrons. The summed E-state index contributed by atoms with van der Waals surface area (Å²) in [5, 5.41) is 6.40. The van der Waals surface area contributed by atoms with Crippen LogP contribution in [0, 0.1) is 14.9 Å². The third-order valence-electron chi connectivity index (χ3n) is 4.22. The normalized spacial score (nSPS) is 24.8. The molecule has 1 heterocycles. The number of carbonyl (C=O) groups excluding carboxylic acids is 1. The van der Waals surface area contributed by atoms with E-state index in [0.717, 1.165) is 38.0 Å². The Kier molecular flexibility index (Phi) is 3.32. The van der Waals surface area contributed by atoms with Gasteiger partial charge in [-0.05, 0) is 84.6 Å².